The molecule has 1 fully saturated rings. The van der Waals surface area contributed by atoms with Crippen molar-refractivity contribution in [1.82, 2.24) is 19.9 Å². The Morgan fingerprint density at radius 1 is 1.32 bits per heavy atom. The molecule has 2 aromatic heterocycles. The summed E-state index contributed by atoms with van der Waals surface area (Å²) in [5, 5.41) is 10.8. The molecule has 3 heterocycles. The van der Waals surface area contributed by atoms with E-state index in [4.69, 9.17) is 4.42 Å². The second kappa shape index (κ2) is 5.81. The lowest BCUT2D eigenvalue weighted by Crippen LogP contribution is -2.41. The van der Waals surface area contributed by atoms with Crippen LogP contribution in [0.1, 0.15) is 25.2 Å². The summed E-state index contributed by atoms with van der Waals surface area (Å²) in [5.74, 6) is 1.40. The molecule has 1 aliphatic heterocycles. The molecule has 0 radical (unpaired) electrons. The number of oxazole rings is 1. The van der Waals surface area contributed by atoms with Crippen LogP contribution in [0.4, 0.5) is 5.82 Å². The summed E-state index contributed by atoms with van der Waals surface area (Å²) >= 11 is 0. The van der Waals surface area contributed by atoms with Gasteiger partial charge >= 0.3 is 0 Å². The van der Waals surface area contributed by atoms with E-state index in [-0.39, 0.29) is 0 Å². The van der Waals surface area contributed by atoms with E-state index in [9.17, 15) is 5.11 Å². The highest BCUT2D eigenvalue weighted by molar-refractivity contribution is 5.81. The molecule has 0 amide bonds. The number of anilines is 1. The standard InChI is InChI=1S/C15H23N5O2/c1-11-18-12-13(16-10-17-14(12)22-11)20-7-4-5-15(21,6-8-20)9-19(2)3/h10,21H,4-9H2,1-3H3/t15-/m1/s1. The van der Waals surface area contributed by atoms with Crippen molar-refractivity contribution in [2.24, 2.45) is 0 Å². The summed E-state index contributed by atoms with van der Waals surface area (Å²) in [4.78, 5) is 17.1. The van der Waals surface area contributed by atoms with E-state index in [1.807, 2.05) is 25.9 Å². The molecule has 7 nitrogen and oxygen atoms in total. The van der Waals surface area contributed by atoms with Crippen molar-refractivity contribution in [2.45, 2.75) is 31.8 Å². The summed E-state index contributed by atoms with van der Waals surface area (Å²) in [5.41, 5.74) is 0.595. The summed E-state index contributed by atoms with van der Waals surface area (Å²) in [6.07, 6.45) is 3.95. The maximum absolute atomic E-state index is 10.8. The van der Waals surface area contributed by atoms with Crippen molar-refractivity contribution in [2.75, 3.05) is 38.6 Å². The number of fused-ring (bicyclic) bond motifs is 1. The normalized spacial score (nSPS) is 23.2. The molecule has 1 N–H and O–H groups in total. The van der Waals surface area contributed by atoms with E-state index >= 15 is 0 Å². The largest absolute Gasteiger partial charge is 0.422 e. The van der Waals surface area contributed by atoms with Gasteiger partial charge in [-0.05, 0) is 33.4 Å². The second-order valence-corrected chi connectivity index (χ2v) is 6.39. The second-order valence-electron chi connectivity index (χ2n) is 6.39. The third-order valence-electron chi connectivity index (χ3n) is 4.11. The zero-order chi connectivity index (χ0) is 15.7. The van der Waals surface area contributed by atoms with Crippen LogP contribution in [0.2, 0.25) is 0 Å². The minimum atomic E-state index is -0.635. The Labute approximate surface area is 130 Å². The fourth-order valence-electron chi connectivity index (χ4n) is 3.22. The first-order chi connectivity index (χ1) is 10.5. The average molecular weight is 305 g/mol. The predicted octanol–water partition coefficient (Wildman–Crippen LogP) is 1.21. The van der Waals surface area contributed by atoms with Crippen molar-refractivity contribution < 1.29 is 9.52 Å². The smallest absolute Gasteiger partial charge is 0.252 e. The Hall–Kier alpha value is -1.73. The molecule has 1 saturated heterocycles. The van der Waals surface area contributed by atoms with Gasteiger partial charge in [0.25, 0.3) is 5.71 Å². The van der Waals surface area contributed by atoms with Crippen LogP contribution in [0.5, 0.6) is 0 Å². The molecule has 0 unspecified atom stereocenters. The fraction of sp³-hybridized carbons (Fsp3) is 0.667. The maximum atomic E-state index is 10.8. The highest BCUT2D eigenvalue weighted by Crippen LogP contribution is 2.28. The number of hydrogen-bond acceptors (Lipinski definition) is 7. The molecule has 7 heteroatoms. The Morgan fingerprint density at radius 3 is 2.91 bits per heavy atom. The molecule has 0 bridgehead atoms. The summed E-state index contributed by atoms with van der Waals surface area (Å²) in [6, 6.07) is 0. The van der Waals surface area contributed by atoms with Gasteiger partial charge in [-0.1, -0.05) is 0 Å². The Balaban J connectivity index is 1.83. The van der Waals surface area contributed by atoms with E-state index in [1.165, 1.54) is 6.33 Å². The van der Waals surface area contributed by atoms with Crippen LogP contribution in [-0.2, 0) is 0 Å². The third kappa shape index (κ3) is 3.05. The third-order valence-corrected chi connectivity index (χ3v) is 4.11. The Morgan fingerprint density at radius 2 is 2.14 bits per heavy atom. The lowest BCUT2D eigenvalue weighted by Gasteiger charge is -2.30. The van der Waals surface area contributed by atoms with E-state index in [1.54, 1.807) is 0 Å². The maximum Gasteiger partial charge on any atom is 0.252 e. The van der Waals surface area contributed by atoms with Gasteiger partial charge in [0.05, 0.1) is 5.60 Å². The minimum absolute atomic E-state index is 0.523. The van der Waals surface area contributed by atoms with Gasteiger partial charge in [0.2, 0.25) is 0 Å². The van der Waals surface area contributed by atoms with E-state index in [0.29, 0.717) is 30.1 Å². The van der Waals surface area contributed by atoms with Gasteiger partial charge in [-0.2, -0.15) is 4.98 Å². The molecule has 22 heavy (non-hydrogen) atoms. The van der Waals surface area contributed by atoms with Crippen molar-refractivity contribution >= 4 is 17.0 Å². The van der Waals surface area contributed by atoms with Gasteiger partial charge in [-0.25, -0.2) is 9.97 Å². The Kier molecular flexibility index (Phi) is 4.01. The zero-order valence-corrected chi connectivity index (χ0v) is 13.4. The van der Waals surface area contributed by atoms with E-state index in [0.717, 1.165) is 31.7 Å². The quantitative estimate of drug-likeness (QED) is 0.913. The lowest BCUT2D eigenvalue weighted by molar-refractivity contribution is 0.00537. The topological polar surface area (TPSA) is 78.5 Å². The summed E-state index contributed by atoms with van der Waals surface area (Å²) in [6.45, 7) is 4.10. The summed E-state index contributed by atoms with van der Waals surface area (Å²) in [7, 11) is 3.99. The highest BCUT2D eigenvalue weighted by atomic mass is 16.4. The van der Waals surface area contributed by atoms with Crippen molar-refractivity contribution in [3.05, 3.63) is 12.2 Å². The summed E-state index contributed by atoms with van der Waals surface area (Å²) < 4.78 is 5.48. The van der Waals surface area contributed by atoms with Crippen LogP contribution in [0.25, 0.3) is 11.2 Å². The zero-order valence-electron chi connectivity index (χ0n) is 13.4. The van der Waals surface area contributed by atoms with Gasteiger partial charge < -0.3 is 19.3 Å². The van der Waals surface area contributed by atoms with Crippen LogP contribution in [-0.4, -0.2) is 64.3 Å². The molecule has 0 aromatic carbocycles. The molecular weight excluding hydrogens is 282 g/mol. The number of nitrogens with zero attached hydrogens (tertiary/aromatic N) is 5. The van der Waals surface area contributed by atoms with Crippen LogP contribution in [0, 0.1) is 6.92 Å². The number of aliphatic hydroxyl groups is 1. The molecule has 0 aliphatic carbocycles. The molecule has 3 rings (SSSR count). The molecule has 0 saturated carbocycles. The van der Waals surface area contributed by atoms with Gasteiger partial charge in [-0.15, -0.1) is 0 Å². The van der Waals surface area contributed by atoms with Gasteiger partial charge in [0, 0.05) is 26.6 Å². The Bertz CT molecular complexity index is 656. The van der Waals surface area contributed by atoms with Crippen LogP contribution >= 0.6 is 0 Å². The molecular formula is C15H23N5O2. The molecule has 2 aromatic rings. The van der Waals surface area contributed by atoms with Gasteiger partial charge in [-0.3, -0.25) is 0 Å². The first kappa shape index (κ1) is 15.2. The SMILES string of the molecule is Cc1nc2c(N3CCC[C@](O)(CN(C)C)CC3)ncnc2o1. The van der Waals surface area contributed by atoms with Crippen molar-refractivity contribution in [3.63, 3.8) is 0 Å². The number of hydrogen-bond donors (Lipinski definition) is 1. The average Bonchev–Trinajstić information content (AvgIpc) is 2.71. The lowest BCUT2D eigenvalue weighted by atomic mass is 9.94. The number of aromatic nitrogens is 3. The predicted molar refractivity (Wildman–Crippen MR) is 83.9 cm³/mol. The van der Waals surface area contributed by atoms with Crippen LogP contribution in [0.3, 0.4) is 0 Å². The first-order valence-electron chi connectivity index (χ1n) is 7.67. The number of aryl methyl sites for hydroxylation is 1. The molecule has 1 atom stereocenters. The highest BCUT2D eigenvalue weighted by Gasteiger charge is 2.31. The van der Waals surface area contributed by atoms with Crippen LogP contribution < -0.4 is 4.90 Å². The minimum Gasteiger partial charge on any atom is -0.422 e. The van der Waals surface area contributed by atoms with Crippen LogP contribution in [0.15, 0.2) is 10.7 Å². The van der Waals surface area contributed by atoms with Gasteiger partial charge in [0.15, 0.2) is 17.2 Å². The molecule has 0 spiro atoms. The first-order valence-corrected chi connectivity index (χ1v) is 7.67. The van der Waals surface area contributed by atoms with Crippen molar-refractivity contribution in [1.29, 1.82) is 0 Å². The van der Waals surface area contributed by atoms with Crippen molar-refractivity contribution in [3.8, 4) is 0 Å². The van der Waals surface area contributed by atoms with E-state index < -0.39 is 5.60 Å². The monoisotopic (exact) mass is 305 g/mol. The fourth-order valence-corrected chi connectivity index (χ4v) is 3.22. The number of likely N-dealkylation sites (N-methyl/N-ethyl adjacent to an activating group) is 1. The van der Waals surface area contributed by atoms with E-state index in [2.05, 4.69) is 19.9 Å². The number of rotatable bonds is 3. The van der Waals surface area contributed by atoms with Gasteiger partial charge in [0.1, 0.15) is 6.33 Å². The molecule has 1 aliphatic rings. The molecule has 120 valence electrons.